The molecule has 1 aromatic heterocycles. The number of nitrogens with one attached hydrogen (secondary N) is 1. The van der Waals surface area contributed by atoms with E-state index in [1.807, 2.05) is 36.2 Å². The molecule has 0 unspecified atom stereocenters. The molecule has 0 aliphatic heterocycles. The zero-order chi connectivity index (χ0) is 18.4. The van der Waals surface area contributed by atoms with Crippen molar-refractivity contribution in [3.63, 3.8) is 0 Å². The third kappa shape index (κ3) is 5.61. The fourth-order valence-electron chi connectivity index (χ4n) is 2.08. The summed E-state index contributed by atoms with van der Waals surface area (Å²) in [6, 6.07) is 7.72. The molecule has 0 aliphatic carbocycles. The lowest BCUT2D eigenvalue weighted by Gasteiger charge is -2.17. The van der Waals surface area contributed by atoms with Crippen molar-refractivity contribution in [1.29, 1.82) is 0 Å². The van der Waals surface area contributed by atoms with E-state index in [0.29, 0.717) is 16.6 Å². The third-order valence-corrected chi connectivity index (χ3v) is 4.50. The van der Waals surface area contributed by atoms with Crippen molar-refractivity contribution < 1.29 is 9.59 Å². The maximum Gasteiger partial charge on any atom is 0.286 e. The molecule has 0 atom stereocenters. The van der Waals surface area contributed by atoms with Gasteiger partial charge in [-0.3, -0.25) is 14.5 Å². The lowest BCUT2D eigenvalue weighted by Crippen LogP contribution is -2.34. The van der Waals surface area contributed by atoms with Gasteiger partial charge in [0.1, 0.15) is 5.01 Å². The Morgan fingerprint density at radius 1 is 1.12 bits per heavy atom. The van der Waals surface area contributed by atoms with E-state index < -0.39 is 0 Å². The third-order valence-electron chi connectivity index (χ3n) is 3.59. The summed E-state index contributed by atoms with van der Waals surface area (Å²) in [6.45, 7) is 2.84. The summed E-state index contributed by atoms with van der Waals surface area (Å²) in [5, 5.41) is 11.8. The van der Waals surface area contributed by atoms with Gasteiger partial charge in [-0.25, -0.2) is 0 Å². The van der Waals surface area contributed by atoms with Gasteiger partial charge in [0.25, 0.3) is 5.91 Å². The standard InChI is InChI=1S/C17H23N5O2S/c1-5-12-6-8-13(9-7-12)18-16(24)17-20-19-14(25-17)10-22(4)11-15(23)21(2)3/h6-9H,5,10-11H2,1-4H3,(H,18,24). The van der Waals surface area contributed by atoms with E-state index >= 15 is 0 Å². The number of aromatic nitrogens is 2. The molecule has 0 fully saturated rings. The number of likely N-dealkylation sites (N-methyl/N-ethyl adjacent to an activating group) is 2. The fourth-order valence-corrected chi connectivity index (χ4v) is 2.89. The van der Waals surface area contributed by atoms with Gasteiger partial charge in [0.15, 0.2) is 0 Å². The van der Waals surface area contributed by atoms with Crippen LogP contribution in [0.1, 0.15) is 27.3 Å². The van der Waals surface area contributed by atoms with Crippen molar-refractivity contribution in [2.75, 3.05) is 33.0 Å². The number of carbonyl (C=O) groups excluding carboxylic acids is 2. The van der Waals surface area contributed by atoms with Crippen molar-refractivity contribution >= 4 is 28.8 Å². The van der Waals surface area contributed by atoms with Crippen LogP contribution in [0.5, 0.6) is 0 Å². The summed E-state index contributed by atoms with van der Waals surface area (Å²) >= 11 is 1.23. The van der Waals surface area contributed by atoms with E-state index in [2.05, 4.69) is 22.4 Å². The van der Waals surface area contributed by atoms with Crippen LogP contribution in [0.2, 0.25) is 0 Å². The molecule has 1 aromatic carbocycles. The molecule has 0 saturated heterocycles. The molecule has 1 heterocycles. The normalized spacial score (nSPS) is 10.8. The monoisotopic (exact) mass is 361 g/mol. The first kappa shape index (κ1) is 19.0. The van der Waals surface area contributed by atoms with E-state index in [1.165, 1.54) is 16.9 Å². The highest BCUT2D eigenvalue weighted by Gasteiger charge is 2.15. The zero-order valence-corrected chi connectivity index (χ0v) is 15.8. The van der Waals surface area contributed by atoms with E-state index in [9.17, 15) is 9.59 Å². The molecule has 0 saturated carbocycles. The molecule has 0 bridgehead atoms. The Bertz CT molecular complexity index is 727. The molecule has 2 amide bonds. The summed E-state index contributed by atoms with van der Waals surface area (Å²) < 4.78 is 0. The van der Waals surface area contributed by atoms with Gasteiger partial charge in [0.2, 0.25) is 10.9 Å². The fraction of sp³-hybridized carbons (Fsp3) is 0.412. The van der Waals surface area contributed by atoms with Crippen LogP contribution in [-0.2, 0) is 17.8 Å². The number of hydrogen-bond acceptors (Lipinski definition) is 6. The summed E-state index contributed by atoms with van der Waals surface area (Å²) in [6.07, 6.45) is 0.956. The van der Waals surface area contributed by atoms with Crippen molar-refractivity contribution in [2.24, 2.45) is 0 Å². The predicted molar refractivity (Wildman–Crippen MR) is 98.7 cm³/mol. The SMILES string of the molecule is CCc1ccc(NC(=O)c2nnc(CN(C)CC(=O)N(C)C)s2)cc1. The van der Waals surface area contributed by atoms with Crippen LogP contribution in [0.15, 0.2) is 24.3 Å². The zero-order valence-electron chi connectivity index (χ0n) is 14.9. The average molecular weight is 361 g/mol. The largest absolute Gasteiger partial charge is 0.348 e. The lowest BCUT2D eigenvalue weighted by molar-refractivity contribution is -0.129. The minimum Gasteiger partial charge on any atom is -0.348 e. The molecular weight excluding hydrogens is 338 g/mol. The Kier molecular flexibility index (Phi) is 6.60. The van der Waals surface area contributed by atoms with Crippen molar-refractivity contribution in [3.8, 4) is 0 Å². The van der Waals surface area contributed by atoms with Gasteiger partial charge >= 0.3 is 0 Å². The molecule has 7 nitrogen and oxygen atoms in total. The number of anilines is 1. The first-order chi connectivity index (χ1) is 11.9. The second kappa shape index (κ2) is 8.68. The van der Waals surface area contributed by atoms with Crippen LogP contribution >= 0.6 is 11.3 Å². The van der Waals surface area contributed by atoms with Crippen molar-refractivity contribution in [1.82, 2.24) is 20.0 Å². The highest BCUT2D eigenvalue weighted by molar-refractivity contribution is 7.13. The second-order valence-corrected chi connectivity index (χ2v) is 7.03. The Labute approximate surface area is 151 Å². The molecule has 0 aliphatic rings. The van der Waals surface area contributed by atoms with Crippen LogP contribution < -0.4 is 5.32 Å². The maximum atomic E-state index is 12.3. The van der Waals surface area contributed by atoms with Crippen LogP contribution in [0.4, 0.5) is 5.69 Å². The van der Waals surface area contributed by atoms with E-state index in [-0.39, 0.29) is 18.4 Å². The summed E-state index contributed by atoms with van der Waals surface area (Å²) in [5.41, 5.74) is 1.94. The van der Waals surface area contributed by atoms with Crippen molar-refractivity contribution in [3.05, 3.63) is 39.8 Å². The predicted octanol–water partition coefficient (Wildman–Crippen LogP) is 1.87. The number of amides is 2. The number of benzene rings is 1. The van der Waals surface area contributed by atoms with Crippen LogP contribution in [0.3, 0.4) is 0 Å². The van der Waals surface area contributed by atoms with Gasteiger partial charge in [-0.05, 0) is 31.2 Å². The van der Waals surface area contributed by atoms with Crippen molar-refractivity contribution in [2.45, 2.75) is 19.9 Å². The van der Waals surface area contributed by atoms with E-state index in [1.54, 1.807) is 19.0 Å². The number of aryl methyl sites for hydroxylation is 1. The van der Waals surface area contributed by atoms with E-state index in [4.69, 9.17) is 0 Å². The van der Waals surface area contributed by atoms with Crippen LogP contribution in [0, 0.1) is 0 Å². The number of hydrogen-bond donors (Lipinski definition) is 1. The molecule has 0 radical (unpaired) electrons. The van der Waals surface area contributed by atoms with Gasteiger partial charge in [-0.15, -0.1) is 10.2 Å². The molecule has 1 N–H and O–H groups in total. The Morgan fingerprint density at radius 3 is 2.40 bits per heavy atom. The molecule has 2 aromatic rings. The van der Waals surface area contributed by atoms with Gasteiger partial charge < -0.3 is 10.2 Å². The van der Waals surface area contributed by atoms with Gasteiger partial charge in [0.05, 0.1) is 13.1 Å². The topological polar surface area (TPSA) is 78.4 Å². The molecule has 25 heavy (non-hydrogen) atoms. The number of carbonyl (C=O) groups is 2. The van der Waals surface area contributed by atoms with Gasteiger partial charge in [-0.1, -0.05) is 30.4 Å². The number of nitrogens with zero attached hydrogens (tertiary/aromatic N) is 4. The summed E-state index contributed by atoms with van der Waals surface area (Å²) in [5.74, 6) is -0.263. The molecule has 2 rings (SSSR count). The Balaban J connectivity index is 1.93. The first-order valence-electron chi connectivity index (χ1n) is 8.00. The quantitative estimate of drug-likeness (QED) is 0.815. The number of rotatable bonds is 7. The molecule has 8 heteroatoms. The highest BCUT2D eigenvalue weighted by atomic mass is 32.1. The van der Waals surface area contributed by atoms with Gasteiger partial charge in [-0.2, -0.15) is 0 Å². The Hall–Kier alpha value is -2.32. The molecule has 134 valence electrons. The van der Waals surface area contributed by atoms with E-state index in [0.717, 1.165) is 12.1 Å². The average Bonchev–Trinajstić information content (AvgIpc) is 3.03. The first-order valence-corrected chi connectivity index (χ1v) is 8.82. The smallest absolute Gasteiger partial charge is 0.286 e. The lowest BCUT2D eigenvalue weighted by atomic mass is 10.1. The summed E-state index contributed by atoms with van der Waals surface area (Å²) in [7, 11) is 5.27. The van der Waals surface area contributed by atoms with Crippen LogP contribution in [0.25, 0.3) is 0 Å². The Morgan fingerprint density at radius 2 is 1.80 bits per heavy atom. The molecule has 0 spiro atoms. The maximum absolute atomic E-state index is 12.3. The highest BCUT2D eigenvalue weighted by Crippen LogP contribution is 2.15. The van der Waals surface area contributed by atoms with Gasteiger partial charge in [0, 0.05) is 19.8 Å². The second-order valence-electron chi connectivity index (χ2n) is 5.97. The minimum absolute atomic E-state index is 0.0144. The summed E-state index contributed by atoms with van der Waals surface area (Å²) in [4.78, 5) is 27.3. The minimum atomic E-state index is -0.278. The molecular formula is C17H23N5O2S. The van der Waals surface area contributed by atoms with Crippen LogP contribution in [-0.4, -0.2) is 59.5 Å².